The molecule has 86 valence electrons. The Morgan fingerprint density at radius 2 is 1.94 bits per heavy atom. The molecule has 1 fully saturated rings. The highest BCUT2D eigenvalue weighted by molar-refractivity contribution is 5.47. The first kappa shape index (κ1) is 9.90. The smallest absolute Gasteiger partial charge is 0.197 e. The normalized spacial score (nSPS) is 21.4. The van der Waals surface area contributed by atoms with Gasteiger partial charge in [-0.15, -0.1) is 0 Å². The van der Waals surface area contributed by atoms with E-state index in [1.54, 1.807) is 0 Å². The van der Waals surface area contributed by atoms with Crippen LogP contribution in [0.2, 0.25) is 0 Å². The predicted octanol–water partition coefficient (Wildman–Crippen LogP) is 1.93. The molecule has 0 bridgehead atoms. The highest BCUT2D eigenvalue weighted by Gasteiger charge is 2.36. The molecule has 1 aliphatic heterocycles. The largest absolute Gasteiger partial charge is 0.486 e. The minimum Gasteiger partial charge on any atom is -0.486 e. The molecule has 1 heterocycles. The molecule has 2 aliphatic rings. The number of ether oxygens (including phenoxy) is 2. The summed E-state index contributed by atoms with van der Waals surface area (Å²) < 4.78 is 24.4. The third kappa shape index (κ3) is 1.37. The molecule has 0 spiro atoms. The van der Waals surface area contributed by atoms with Crippen molar-refractivity contribution in [3.63, 3.8) is 0 Å². The highest BCUT2D eigenvalue weighted by atomic mass is 19.1. The van der Waals surface area contributed by atoms with Gasteiger partial charge < -0.3 is 15.2 Å². The Morgan fingerprint density at radius 1 is 1.19 bits per heavy atom. The third-order valence-corrected chi connectivity index (χ3v) is 3.42. The summed E-state index contributed by atoms with van der Waals surface area (Å²) in [5.41, 5.74) is 6.62. The lowest BCUT2D eigenvalue weighted by Crippen LogP contribution is -2.43. The van der Waals surface area contributed by atoms with E-state index in [0.29, 0.717) is 19.0 Å². The number of hydrogen-bond acceptors (Lipinski definition) is 3. The Morgan fingerprint density at radius 3 is 2.62 bits per heavy atom. The number of rotatable bonds is 1. The zero-order valence-corrected chi connectivity index (χ0v) is 8.96. The van der Waals surface area contributed by atoms with Gasteiger partial charge in [-0.05, 0) is 37.0 Å². The molecular weight excluding hydrogens is 209 g/mol. The predicted molar refractivity (Wildman–Crippen MR) is 57.1 cm³/mol. The summed E-state index contributed by atoms with van der Waals surface area (Å²) in [5.74, 6) is 0.333. The number of hydrogen-bond donors (Lipinski definition) is 1. The Balaban J connectivity index is 2.05. The quantitative estimate of drug-likeness (QED) is 0.791. The van der Waals surface area contributed by atoms with Gasteiger partial charge in [-0.2, -0.15) is 0 Å². The van der Waals surface area contributed by atoms with E-state index in [9.17, 15) is 4.39 Å². The van der Waals surface area contributed by atoms with Gasteiger partial charge in [-0.3, -0.25) is 0 Å². The molecule has 1 aromatic rings. The summed E-state index contributed by atoms with van der Waals surface area (Å²) in [5, 5.41) is 0. The van der Waals surface area contributed by atoms with Gasteiger partial charge in [0.2, 0.25) is 0 Å². The minimum absolute atomic E-state index is 0.220. The third-order valence-electron chi connectivity index (χ3n) is 3.42. The van der Waals surface area contributed by atoms with Crippen LogP contribution in [-0.2, 0) is 5.54 Å². The first-order chi connectivity index (χ1) is 7.69. The fourth-order valence-corrected chi connectivity index (χ4v) is 2.24. The topological polar surface area (TPSA) is 44.5 Å². The lowest BCUT2D eigenvalue weighted by molar-refractivity contribution is 0.162. The lowest BCUT2D eigenvalue weighted by atomic mass is 9.72. The van der Waals surface area contributed by atoms with E-state index in [0.717, 1.165) is 24.8 Å². The van der Waals surface area contributed by atoms with Gasteiger partial charge in [-0.25, -0.2) is 4.39 Å². The molecule has 4 heteroatoms. The molecule has 0 saturated heterocycles. The first-order valence-corrected chi connectivity index (χ1v) is 5.58. The van der Waals surface area contributed by atoms with Gasteiger partial charge in [0.25, 0.3) is 0 Å². The number of fused-ring (bicyclic) bond motifs is 1. The SMILES string of the molecule is NC1(c2cc(F)c3c(c2)OCCO3)CCC1. The maximum absolute atomic E-state index is 13.8. The van der Waals surface area contributed by atoms with Crippen molar-refractivity contribution in [3.8, 4) is 11.5 Å². The van der Waals surface area contributed by atoms with E-state index in [2.05, 4.69) is 0 Å². The zero-order valence-electron chi connectivity index (χ0n) is 8.96. The molecular formula is C12H14FNO2. The molecule has 0 atom stereocenters. The van der Waals surface area contributed by atoms with Crippen molar-refractivity contribution >= 4 is 0 Å². The molecule has 1 saturated carbocycles. The molecule has 1 aliphatic carbocycles. The number of benzene rings is 1. The van der Waals surface area contributed by atoms with Crippen LogP contribution in [0.25, 0.3) is 0 Å². The maximum Gasteiger partial charge on any atom is 0.197 e. The standard InChI is InChI=1S/C12H14FNO2/c13-9-6-8(12(14)2-1-3-12)7-10-11(9)16-5-4-15-10/h6-7H,1-5,14H2. The van der Waals surface area contributed by atoms with Crippen LogP contribution in [0.1, 0.15) is 24.8 Å². The Bertz CT molecular complexity index is 429. The first-order valence-electron chi connectivity index (χ1n) is 5.58. The highest BCUT2D eigenvalue weighted by Crippen LogP contribution is 2.43. The van der Waals surface area contributed by atoms with Crippen molar-refractivity contribution in [2.45, 2.75) is 24.8 Å². The van der Waals surface area contributed by atoms with Crippen LogP contribution in [-0.4, -0.2) is 13.2 Å². The van der Waals surface area contributed by atoms with Gasteiger partial charge in [0.05, 0.1) is 0 Å². The summed E-state index contributed by atoms with van der Waals surface area (Å²) in [4.78, 5) is 0. The Hall–Kier alpha value is -1.29. The molecule has 3 nitrogen and oxygen atoms in total. The number of nitrogens with two attached hydrogens (primary N) is 1. The van der Waals surface area contributed by atoms with Crippen LogP contribution < -0.4 is 15.2 Å². The van der Waals surface area contributed by atoms with Crippen molar-refractivity contribution in [1.29, 1.82) is 0 Å². The summed E-state index contributed by atoms with van der Waals surface area (Å²) in [7, 11) is 0. The average molecular weight is 223 g/mol. The van der Waals surface area contributed by atoms with E-state index >= 15 is 0 Å². The van der Waals surface area contributed by atoms with Gasteiger partial charge in [0, 0.05) is 5.54 Å². The van der Waals surface area contributed by atoms with Gasteiger partial charge in [-0.1, -0.05) is 0 Å². The van der Waals surface area contributed by atoms with Crippen molar-refractivity contribution in [2.75, 3.05) is 13.2 Å². The molecule has 0 aromatic heterocycles. The van der Waals surface area contributed by atoms with Gasteiger partial charge in [0.1, 0.15) is 13.2 Å². The number of halogens is 1. The van der Waals surface area contributed by atoms with Crippen LogP contribution in [0.5, 0.6) is 11.5 Å². The van der Waals surface area contributed by atoms with Gasteiger partial charge >= 0.3 is 0 Å². The van der Waals surface area contributed by atoms with Crippen molar-refractivity contribution in [2.24, 2.45) is 5.73 Å². The molecule has 2 N–H and O–H groups in total. The van der Waals surface area contributed by atoms with E-state index in [1.165, 1.54) is 6.07 Å². The summed E-state index contributed by atoms with van der Waals surface area (Å²) in [6.45, 7) is 0.866. The Labute approximate surface area is 93.3 Å². The van der Waals surface area contributed by atoms with Crippen LogP contribution in [0.3, 0.4) is 0 Å². The second kappa shape index (κ2) is 3.35. The van der Waals surface area contributed by atoms with Crippen LogP contribution in [0.15, 0.2) is 12.1 Å². The molecule has 0 radical (unpaired) electrons. The van der Waals surface area contributed by atoms with E-state index < -0.39 is 0 Å². The Kier molecular flexibility index (Phi) is 2.07. The van der Waals surface area contributed by atoms with Crippen molar-refractivity contribution in [3.05, 3.63) is 23.5 Å². The lowest BCUT2D eigenvalue weighted by Gasteiger charge is -2.39. The maximum atomic E-state index is 13.8. The molecule has 0 unspecified atom stereocenters. The monoisotopic (exact) mass is 223 g/mol. The molecule has 16 heavy (non-hydrogen) atoms. The van der Waals surface area contributed by atoms with Crippen molar-refractivity contribution < 1.29 is 13.9 Å². The summed E-state index contributed by atoms with van der Waals surface area (Å²) in [6.07, 6.45) is 2.92. The van der Waals surface area contributed by atoms with Crippen LogP contribution in [0.4, 0.5) is 4.39 Å². The summed E-state index contributed by atoms with van der Waals surface area (Å²) >= 11 is 0. The average Bonchev–Trinajstić information content (AvgIpc) is 2.26. The van der Waals surface area contributed by atoms with Crippen molar-refractivity contribution in [1.82, 2.24) is 0 Å². The second-order valence-corrected chi connectivity index (χ2v) is 4.49. The van der Waals surface area contributed by atoms with Crippen LogP contribution >= 0.6 is 0 Å². The summed E-state index contributed by atoms with van der Waals surface area (Å²) in [6, 6.07) is 3.30. The fraction of sp³-hybridized carbons (Fsp3) is 0.500. The van der Waals surface area contributed by atoms with E-state index in [1.807, 2.05) is 6.07 Å². The van der Waals surface area contributed by atoms with Crippen LogP contribution in [0, 0.1) is 5.82 Å². The van der Waals surface area contributed by atoms with E-state index in [-0.39, 0.29) is 17.1 Å². The molecule has 0 amide bonds. The van der Waals surface area contributed by atoms with Gasteiger partial charge in [0.15, 0.2) is 17.3 Å². The molecule has 3 rings (SSSR count). The second-order valence-electron chi connectivity index (χ2n) is 4.49. The van der Waals surface area contributed by atoms with E-state index in [4.69, 9.17) is 15.2 Å². The molecule has 1 aromatic carbocycles. The fourth-order valence-electron chi connectivity index (χ4n) is 2.24. The minimum atomic E-state index is -0.371. The zero-order chi connectivity index (χ0) is 11.2.